The van der Waals surface area contributed by atoms with Crippen molar-refractivity contribution in [2.45, 2.75) is 19.4 Å². The van der Waals surface area contributed by atoms with Crippen molar-refractivity contribution in [3.05, 3.63) is 65.7 Å². The number of methoxy groups -OCH3 is 1. The van der Waals surface area contributed by atoms with E-state index in [9.17, 15) is 4.79 Å². The number of carbonyl (C=O) groups excluding carboxylic acids is 1. The Bertz CT molecular complexity index is 563. The van der Waals surface area contributed by atoms with Crippen LogP contribution >= 0.6 is 0 Å². The number of esters is 1. The molecule has 0 bridgehead atoms. The molecular weight excluding hydrogens is 252 g/mol. The molecule has 2 aromatic rings. The van der Waals surface area contributed by atoms with Crippen molar-refractivity contribution in [1.29, 1.82) is 0 Å². The predicted molar refractivity (Wildman–Crippen MR) is 77.6 cm³/mol. The largest absolute Gasteiger partial charge is 0.497 e. The molecule has 2 aromatic carbocycles. The number of rotatable bonds is 5. The molecular formula is C17H18O3. The van der Waals surface area contributed by atoms with E-state index >= 15 is 0 Å². The summed E-state index contributed by atoms with van der Waals surface area (Å²) in [5.41, 5.74) is 2.06. The van der Waals surface area contributed by atoms with Crippen LogP contribution in [0.25, 0.3) is 0 Å². The van der Waals surface area contributed by atoms with Gasteiger partial charge in [-0.25, -0.2) is 0 Å². The minimum absolute atomic E-state index is 0.276. The molecule has 0 aliphatic rings. The van der Waals surface area contributed by atoms with Gasteiger partial charge in [-0.15, -0.1) is 0 Å². The third kappa shape index (κ3) is 3.85. The Hall–Kier alpha value is -2.29. The molecule has 3 nitrogen and oxygen atoms in total. The highest BCUT2D eigenvalue weighted by Crippen LogP contribution is 2.24. The number of carbonyl (C=O) groups is 1. The predicted octanol–water partition coefficient (Wildman–Crippen LogP) is 3.54. The lowest BCUT2D eigenvalue weighted by atomic mass is 10.0. The van der Waals surface area contributed by atoms with Crippen molar-refractivity contribution in [2.24, 2.45) is 0 Å². The first-order valence-corrected chi connectivity index (χ1v) is 6.54. The Morgan fingerprint density at radius 2 is 1.85 bits per heavy atom. The highest BCUT2D eigenvalue weighted by Gasteiger charge is 2.15. The first-order valence-electron chi connectivity index (χ1n) is 6.54. The molecule has 0 saturated heterocycles. The number of benzene rings is 2. The van der Waals surface area contributed by atoms with Crippen molar-refractivity contribution >= 4 is 5.97 Å². The minimum Gasteiger partial charge on any atom is -0.497 e. The van der Waals surface area contributed by atoms with Gasteiger partial charge in [0.1, 0.15) is 11.9 Å². The smallest absolute Gasteiger partial charge is 0.303 e. The SMILES string of the molecule is COc1cccc(CC(OC(C)=O)c2ccccc2)c1. The molecule has 0 aliphatic heterocycles. The average molecular weight is 270 g/mol. The van der Waals surface area contributed by atoms with Crippen LogP contribution in [0.4, 0.5) is 0 Å². The third-order valence-electron chi connectivity index (χ3n) is 3.03. The summed E-state index contributed by atoms with van der Waals surface area (Å²) in [5, 5.41) is 0. The summed E-state index contributed by atoms with van der Waals surface area (Å²) in [5.74, 6) is 0.527. The minimum atomic E-state index is -0.277. The quantitative estimate of drug-likeness (QED) is 0.779. The normalized spacial score (nSPS) is 11.7. The lowest BCUT2D eigenvalue weighted by molar-refractivity contribution is -0.146. The van der Waals surface area contributed by atoms with E-state index in [1.165, 1.54) is 6.92 Å². The van der Waals surface area contributed by atoms with Gasteiger partial charge in [0.15, 0.2) is 0 Å². The number of hydrogen-bond donors (Lipinski definition) is 0. The van der Waals surface area contributed by atoms with Gasteiger partial charge in [-0.1, -0.05) is 42.5 Å². The van der Waals surface area contributed by atoms with Gasteiger partial charge in [-0.3, -0.25) is 4.79 Å². The Morgan fingerprint density at radius 1 is 1.10 bits per heavy atom. The summed E-state index contributed by atoms with van der Waals surface area (Å²) < 4.78 is 10.6. The first kappa shape index (κ1) is 14.1. The third-order valence-corrected chi connectivity index (χ3v) is 3.03. The van der Waals surface area contributed by atoms with Gasteiger partial charge < -0.3 is 9.47 Å². The number of hydrogen-bond acceptors (Lipinski definition) is 3. The van der Waals surface area contributed by atoms with E-state index < -0.39 is 0 Å². The molecule has 0 heterocycles. The van der Waals surface area contributed by atoms with E-state index in [1.807, 2.05) is 54.6 Å². The van der Waals surface area contributed by atoms with Crippen LogP contribution in [0.2, 0.25) is 0 Å². The zero-order valence-electron chi connectivity index (χ0n) is 11.7. The van der Waals surface area contributed by atoms with Crippen molar-refractivity contribution < 1.29 is 14.3 Å². The van der Waals surface area contributed by atoms with E-state index in [0.29, 0.717) is 6.42 Å². The molecule has 0 fully saturated rings. The Kier molecular flexibility index (Phi) is 4.77. The maximum Gasteiger partial charge on any atom is 0.303 e. The van der Waals surface area contributed by atoms with Gasteiger partial charge in [0.05, 0.1) is 7.11 Å². The van der Waals surface area contributed by atoms with Crippen LogP contribution in [0.5, 0.6) is 5.75 Å². The molecule has 104 valence electrons. The average Bonchev–Trinajstić information content (AvgIpc) is 2.47. The first-order chi connectivity index (χ1) is 9.69. The molecule has 1 atom stereocenters. The molecule has 1 unspecified atom stereocenters. The maximum atomic E-state index is 11.3. The van der Waals surface area contributed by atoms with E-state index in [2.05, 4.69) is 0 Å². The molecule has 0 aromatic heterocycles. The second kappa shape index (κ2) is 6.75. The Balaban J connectivity index is 2.21. The van der Waals surface area contributed by atoms with E-state index in [0.717, 1.165) is 16.9 Å². The molecule has 0 aliphatic carbocycles. The second-order valence-electron chi connectivity index (χ2n) is 4.56. The summed E-state index contributed by atoms with van der Waals surface area (Å²) in [6.45, 7) is 1.43. The van der Waals surface area contributed by atoms with Crippen molar-refractivity contribution in [3.8, 4) is 5.75 Å². The summed E-state index contributed by atoms with van der Waals surface area (Å²) in [4.78, 5) is 11.3. The van der Waals surface area contributed by atoms with Gasteiger partial charge in [-0.2, -0.15) is 0 Å². The maximum absolute atomic E-state index is 11.3. The zero-order valence-corrected chi connectivity index (χ0v) is 11.7. The van der Waals surface area contributed by atoms with Crippen LogP contribution in [0.3, 0.4) is 0 Å². The fourth-order valence-corrected chi connectivity index (χ4v) is 2.11. The van der Waals surface area contributed by atoms with Gasteiger partial charge in [0.25, 0.3) is 0 Å². The number of ether oxygens (including phenoxy) is 2. The lowest BCUT2D eigenvalue weighted by Crippen LogP contribution is -2.11. The molecule has 2 rings (SSSR count). The van der Waals surface area contributed by atoms with Crippen molar-refractivity contribution in [3.63, 3.8) is 0 Å². The molecule has 20 heavy (non-hydrogen) atoms. The van der Waals surface area contributed by atoms with Crippen LogP contribution in [-0.4, -0.2) is 13.1 Å². The summed E-state index contributed by atoms with van der Waals surface area (Å²) in [6, 6.07) is 17.6. The van der Waals surface area contributed by atoms with Gasteiger partial charge in [0.2, 0.25) is 0 Å². The van der Waals surface area contributed by atoms with Crippen molar-refractivity contribution in [1.82, 2.24) is 0 Å². The molecule has 0 amide bonds. The monoisotopic (exact) mass is 270 g/mol. The van der Waals surface area contributed by atoms with Crippen LogP contribution < -0.4 is 4.74 Å². The second-order valence-corrected chi connectivity index (χ2v) is 4.56. The molecule has 0 radical (unpaired) electrons. The van der Waals surface area contributed by atoms with Gasteiger partial charge in [0, 0.05) is 13.3 Å². The fourth-order valence-electron chi connectivity index (χ4n) is 2.11. The Morgan fingerprint density at radius 3 is 2.50 bits per heavy atom. The van der Waals surface area contributed by atoms with E-state index in [-0.39, 0.29) is 12.1 Å². The van der Waals surface area contributed by atoms with Crippen LogP contribution in [0.1, 0.15) is 24.2 Å². The van der Waals surface area contributed by atoms with Crippen LogP contribution in [-0.2, 0) is 16.0 Å². The zero-order chi connectivity index (χ0) is 14.4. The molecule has 0 saturated carbocycles. The molecule has 0 N–H and O–H groups in total. The highest BCUT2D eigenvalue weighted by atomic mass is 16.5. The van der Waals surface area contributed by atoms with Crippen LogP contribution in [0.15, 0.2) is 54.6 Å². The topological polar surface area (TPSA) is 35.5 Å². The van der Waals surface area contributed by atoms with Crippen molar-refractivity contribution in [2.75, 3.05) is 7.11 Å². The summed E-state index contributed by atoms with van der Waals surface area (Å²) in [6.07, 6.45) is 0.349. The summed E-state index contributed by atoms with van der Waals surface area (Å²) in [7, 11) is 1.64. The van der Waals surface area contributed by atoms with Gasteiger partial charge >= 0.3 is 5.97 Å². The fraction of sp³-hybridized carbons (Fsp3) is 0.235. The molecule has 3 heteroatoms. The standard InChI is InChI=1S/C17H18O3/c1-13(18)20-17(15-8-4-3-5-9-15)12-14-7-6-10-16(11-14)19-2/h3-11,17H,12H2,1-2H3. The lowest BCUT2D eigenvalue weighted by Gasteiger charge is -2.18. The molecule has 0 spiro atoms. The van der Waals surface area contributed by atoms with E-state index in [1.54, 1.807) is 7.11 Å². The van der Waals surface area contributed by atoms with Crippen LogP contribution in [0, 0.1) is 0 Å². The highest BCUT2D eigenvalue weighted by molar-refractivity contribution is 5.66. The van der Waals surface area contributed by atoms with E-state index in [4.69, 9.17) is 9.47 Å². The summed E-state index contributed by atoms with van der Waals surface area (Å²) >= 11 is 0. The Labute approximate surface area is 119 Å². The van der Waals surface area contributed by atoms with Gasteiger partial charge in [-0.05, 0) is 23.3 Å².